The van der Waals surface area contributed by atoms with Gasteiger partial charge in [0.15, 0.2) is 5.13 Å². The molecule has 6 aromatic carbocycles. The quantitative estimate of drug-likeness (QED) is 0.0720. The molecule has 10 rings (SSSR count). The number of para-hydroxylation sites is 2. The molecule has 0 bridgehead atoms. The van der Waals surface area contributed by atoms with E-state index in [0.29, 0.717) is 28.0 Å². The summed E-state index contributed by atoms with van der Waals surface area (Å²) >= 11 is 1.23. The highest BCUT2D eigenvalue weighted by Crippen LogP contribution is 2.66. The largest absolute Gasteiger partial charge is 0.491 e. The zero-order chi connectivity index (χ0) is 45.5. The van der Waals surface area contributed by atoms with Crippen LogP contribution in [0.25, 0.3) is 10.2 Å². The van der Waals surface area contributed by atoms with E-state index in [9.17, 15) is 20.0 Å². The lowest BCUT2D eigenvalue weighted by Gasteiger charge is -2.46. The van der Waals surface area contributed by atoms with Crippen LogP contribution >= 0.6 is 11.3 Å². The van der Waals surface area contributed by atoms with Gasteiger partial charge in [-0.25, -0.2) is 14.7 Å². The summed E-state index contributed by atoms with van der Waals surface area (Å²) in [5.41, 5.74) is 1.13. The Labute approximate surface area is 380 Å². The molecule has 7 aromatic rings. The number of carbonyl (C=O) groups is 4. The number of carbonyl (C=O) groups excluding carboxylic acids is 4. The lowest BCUT2D eigenvalue weighted by molar-refractivity contribution is -0.384. The lowest BCUT2D eigenvalue weighted by atomic mass is 9.65. The van der Waals surface area contributed by atoms with Crippen LogP contribution in [0.3, 0.4) is 0 Å². The Balaban J connectivity index is 1.20. The van der Waals surface area contributed by atoms with Gasteiger partial charge in [0.05, 0.1) is 45.4 Å². The normalized spacial score (nSPS) is 22.1. The number of esters is 1. The van der Waals surface area contributed by atoms with E-state index in [1.807, 2.05) is 89.8 Å². The van der Waals surface area contributed by atoms with Crippen molar-refractivity contribution < 1.29 is 43.4 Å². The number of hydrogen-bond donors (Lipinski definition) is 2. The van der Waals surface area contributed by atoms with Crippen molar-refractivity contribution in [3.63, 3.8) is 0 Å². The molecule has 1 spiro atoms. The maximum atomic E-state index is 16.3. The molecular formula is C50H39N5O10S. The minimum absolute atomic E-state index is 0.0377. The highest BCUT2D eigenvalue weighted by molar-refractivity contribution is 7.22. The van der Waals surface area contributed by atoms with E-state index < -0.39 is 64.4 Å². The smallest absolute Gasteiger partial charge is 0.421 e. The molecule has 3 aliphatic heterocycles. The number of nitro groups is 1. The molecule has 66 heavy (non-hydrogen) atoms. The van der Waals surface area contributed by atoms with Crippen LogP contribution in [0.2, 0.25) is 0 Å². The summed E-state index contributed by atoms with van der Waals surface area (Å²) in [6.45, 7) is -0.659. The Bertz CT molecular complexity index is 2970. The van der Waals surface area contributed by atoms with Crippen molar-refractivity contribution in [2.24, 2.45) is 5.92 Å². The average Bonchev–Trinajstić information content (AvgIpc) is 3.99. The van der Waals surface area contributed by atoms with E-state index >= 15 is 14.4 Å². The summed E-state index contributed by atoms with van der Waals surface area (Å²) in [5.74, 6) is -3.54. The van der Waals surface area contributed by atoms with Gasteiger partial charge in [-0.3, -0.25) is 29.4 Å². The van der Waals surface area contributed by atoms with E-state index in [1.54, 1.807) is 48.5 Å². The van der Waals surface area contributed by atoms with Gasteiger partial charge in [0.1, 0.15) is 36.5 Å². The number of thiazole rings is 1. The molecule has 3 aliphatic rings. The third-order valence-electron chi connectivity index (χ3n) is 12.4. The van der Waals surface area contributed by atoms with Crippen LogP contribution in [0, 0.1) is 16.0 Å². The number of aliphatic hydroxyl groups is 1. The fourth-order valence-electron chi connectivity index (χ4n) is 9.81. The van der Waals surface area contributed by atoms with Crippen LogP contribution in [0.5, 0.6) is 5.75 Å². The predicted molar refractivity (Wildman–Crippen MR) is 242 cm³/mol. The Morgan fingerprint density at radius 3 is 2.23 bits per heavy atom. The topological polar surface area (TPSA) is 191 Å². The van der Waals surface area contributed by atoms with Gasteiger partial charge >= 0.3 is 12.1 Å². The maximum absolute atomic E-state index is 16.3. The fourth-order valence-corrected chi connectivity index (χ4v) is 10.7. The zero-order valence-corrected chi connectivity index (χ0v) is 35.7. The number of benzene rings is 6. The van der Waals surface area contributed by atoms with Crippen molar-refractivity contribution in [2.75, 3.05) is 23.4 Å². The van der Waals surface area contributed by atoms with Gasteiger partial charge in [0, 0.05) is 12.1 Å². The Hall–Kier alpha value is -7.79. The summed E-state index contributed by atoms with van der Waals surface area (Å²) in [7, 11) is 0. The first kappa shape index (κ1) is 42.2. The zero-order valence-electron chi connectivity index (χ0n) is 34.8. The molecule has 0 unspecified atom stereocenters. The van der Waals surface area contributed by atoms with Crippen LogP contribution in [-0.4, -0.2) is 63.0 Å². The fraction of sp³-hybridized carbons (Fsp3) is 0.180. The predicted octanol–water partition coefficient (Wildman–Crippen LogP) is 8.22. The molecule has 330 valence electrons. The van der Waals surface area contributed by atoms with Gasteiger partial charge < -0.3 is 24.6 Å². The first-order valence-corrected chi connectivity index (χ1v) is 21.9. The summed E-state index contributed by atoms with van der Waals surface area (Å²) in [6, 6.07) is 41.6. The Morgan fingerprint density at radius 1 is 0.818 bits per heavy atom. The minimum atomic E-state index is -2.05. The maximum Gasteiger partial charge on any atom is 0.421 e. The number of nitrogens with one attached hydrogen (secondary N) is 1. The number of rotatable bonds is 11. The standard InChI is InChI=1S/C50H39N5O10S/c56-26-27-63-35-17-11-16-33(28-35)44-50(36-18-7-9-20-38(36)53(47(50)59)49(60)64-29-30-22-24-34(25-23-30)55(61)62)40(45(57)52-48-51-37-19-8-10-21-39(37)66-48)42-46(58)65-43(32-14-5-2-6-15-32)41(54(42)44)31-12-3-1-4-13-31/h1-25,28,40-44,56H,26-27,29H2,(H,51,52,57)/t40-,41-,42-,43+,44+,50-/m0/s1. The first-order valence-electron chi connectivity index (χ1n) is 21.1. The first-order chi connectivity index (χ1) is 32.2. The number of aromatic nitrogens is 1. The molecule has 0 aliphatic carbocycles. The van der Waals surface area contributed by atoms with Crippen molar-refractivity contribution in [2.45, 2.75) is 36.3 Å². The molecule has 2 fully saturated rings. The number of morpholine rings is 1. The van der Waals surface area contributed by atoms with Gasteiger partial charge in [-0.1, -0.05) is 114 Å². The summed E-state index contributed by atoms with van der Waals surface area (Å²) in [4.78, 5) is 80.1. The number of anilines is 2. The van der Waals surface area contributed by atoms with Gasteiger partial charge in [0.2, 0.25) is 11.8 Å². The number of cyclic esters (lactones) is 1. The minimum Gasteiger partial charge on any atom is -0.491 e. The van der Waals surface area contributed by atoms with Crippen LogP contribution in [0.15, 0.2) is 158 Å². The molecule has 2 saturated heterocycles. The molecule has 15 nitrogen and oxygen atoms in total. The second-order valence-corrected chi connectivity index (χ2v) is 17.1. The van der Waals surface area contributed by atoms with Gasteiger partial charge in [-0.15, -0.1) is 0 Å². The number of hydrogen-bond acceptors (Lipinski definition) is 13. The van der Waals surface area contributed by atoms with Crippen molar-refractivity contribution in [3.05, 3.63) is 196 Å². The Morgan fingerprint density at radius 2 is 1.50 bits per heavy atom. The average molecular weight is 902 g/mol. The van der Waals surface area contributed by atoms with Crippen LogP contribution < -0.4 is 15.0 Å². The van der Waals surface area contributed by atoms with E-state index in [1.165, 1.54) is 35.6 Å². The number of nitrogens with zero attached hydrogens (tertiary/aromatic N) is 4. The molecule has 4 heterocycles. The van der Waals surface area contributed by atoms with Gasteiger partial charge in [0.25, 0.3) is 5.69 Å². The van der Waals surface area contributed by atoms with Crippen molar-refractivity contribution in [1.29, 1.82) is 0 Å². The number of amides is 3. The van der Waals surface area contributed by atoms with Crippen LogP contribution in [0.4, 0.5) is 21.3 Å². The van der Waals surface area contributed by atoms with E-state index in [0.717, 1.165) is 15.2 Å². The number of imide groups is 1. The summed E-state index contributed by atoms with van der Waals surface area (Å²) < 4.78 is 19.1. The molecule has 0 saturated carbocycles. The molecule has 2 N–H and O–H groups in total. The van der Waals surface area contributed by atoms with Gasteiger partial charge in [-0.2, -0.15) is 0 Å². The van der Waals surface area contributed by atoms with Crippen LogP contribution in [0.1, 0.15) is 46.0 Å². The molecular weight excluding hydrogens is 863 g/mol. The second-order valence-electron chi connectivity index (χ2n) is 16.0. The number of aliphatic hydroxyl groups excluding tert-OH is 1. The van der Waals surface area contributed by atoms with Gasteiger partial charge in [-0.05, 0) is 70.3 Å². The number of ether oxygens (including phenoxy) is 3. The van der Waals surface area contributed by atoms with E-state index in [-0.39, 0.29) is 41.9 Å². The van der Waals surface area contributed by atoms with E-state index in [2.05, 4.69) is 10.3 Å². The Kier molecular flexibility index (Phi) is 11.1. The molecule has 1 aromatic heterocycles. The highest BCUT2D eigenvalue weighted by atomic mass is 32.1. The molecule has 6 atom stereocenters. The molecule has 0 radical (unpaired) electrons. The van der Waals surface area contributed by atoms with Crippen LogP contribution in [-0.2, 0) is 35.9 Å². The second kappa shape index (κ2) is 17.3. The number of non-ortho nitro benzene ring substituents is 1. The van der Waals surface area contributed by atoms with Crippen molar-refractivity contribution in [3.8, 4) is 5.75 Å². The third-order valence-corrected chi connectivity index (χ3v) is 13.4. The van der Waals surface area contributed by atoms with Crippen molar-refractivity contribution >= 4 is 61.9 Å². The highest BCUT2D eigenvalue weighted by Gasteiger charge is 2.75. The monoisotopic (exact) mass is 901 g/mol. The molecule has 16 heteroatoms. The number of fused-ring (bicyclic) bond motifs is 4. The summed E-state index contributed by atoms with van der Waals surface area (Å²) in [6.07, 6.45) is -2.01. The van der Waals surface area contributed by atoms with Crippen molar-refractivity contribution in [1.82, 2.24) is 9.88 Å². The SMILES string of the molecule is O=C1O[C@H](c2ccccc2)[C@H](c2ccccc2)N2[C@H]1[C@@H](C(=O)Nc1nc3ccccc3s1)[C@]1(C(=O)N(C(=O)OCc3ccc([N+](=O)[O-])cc3)c3ccccc31)[C@H]2c1cccc(OCCO)c1. The van der Waals surface area contributed by atoms with E-state index in [4.69, 9.17) is 14.2 Å². The lowest BCUT2D eigenvalue weighted by Crippen LogP contribution is -2.54. The number of nitro benzene ring substituents is 1. The molecule has 3 amide bonds. The summed E-state index contributed by atoms with van der Waals surface area (Å²) in [5, 5.41) is 24.3. The third kappa shape index (κ3) is 7.11.